The Morgan fingerprint density at radius 2 is 1.81 bits per heavy atom. The van der Waals surface area contributed by atoms with E-state index in [1.165, 1.54) is 0 Å². The molecule has 0 N–H and O–H groups in total. The molecule has 0 saturated carbocycles. The molecule has 0 unspecified atom stereocenters. The van der Waals surface area contributed by atoms with Crippen molar-refractivity contribution in [3.8, 4) is 0 Å². The molecule has 1 aromatic heterocycles. The highest BCUT2D eigenvalue weighted by Crippen LogP contribution is 2.49. The van der Waals surface area contributed by atoms with Gasteiger partial charge in [0.1, 0.15) is 5.82 Å². The first-order valence-corrected chi connectivity index (χ1v) is 10.6. The van der Waals surface area contributed by atoms with E-state index in [2.05, 4.69) is 11.1 Å². The molecule has 0 spiro atoms. The molecule has 4 rings (SSSR count). The fraction of sp³-hybridized carbons (Fsp3) is 0.450. The van der Waals surface area contributed by atoms with Crippen LogP contribution in [0.25, 0.3) is 0 Å². The maximum Gasteiger partial charge on any atom is 0.243 e. The standard InChI is InChI=1S/C20H25N3O2S/c1-14-4-8-17(9-5-14)26(24,25)23-16-7-10-19(23)18(12-16)15-6-11-20(21-13-15)22(2)3/h4-6,8-9,11,13,16,18-19H,7,10,12H2,1-3H3/t16-,18+,19+/m0/s1. The second-order valence-electron chi connectivity index (χ2n) is 7.63. The van der Waals surface area contributed by atoms with Gasteiger partial charge in [-0.15, -0.1) is 0 Å². The number of aryl methyl sites for hydroxylation is 1. The van der Waals surface area contributed by atoms with Crippen LogP contribution in [0.5, 0.6) is 0 Å². The summed E-state index contributed by atoms with van der Waals surface area (Å²) in [5.74, 6) is 1.15. The second kappa shape index (κ2) is 6.35. The van der Waals surface area contributed by atoms with E-state index in [9.17, 15) is 8.42 Å². The van der Waals surface area contributed by atoms with Gasteiger partial charge in [-0.1, -0.05) is 23.8 Å². The van der Waals surface area contributed by atoms with Crippen molar-refractivity contribution in [3.05, 3.63) is 53.7 Å². The summed E-state index contributed by atoms with van der Waals surface area (Å²) in [6.45, 7) is 1.97. The molecule has 0 aliphatic carbocycles. The van der Waals surface area contributed by atoms with Gasteiger partial charge in [0.05, 0.1) is 4.90 Å². The van der Waals surface area contributed by atoms with Crippen LogP contribution in [-0.2, 0) is 10.0 Å². The SMILES string of the molecule is Cc1ccc(S(=O)(=O)N2[C@H]3CC[C@@H]2[C@@H](c2ccc(N(C)C)nc2)C3)cc1. The minimum absolute atomic E-state index is 0.0401. The lowest BCUT2D eigenvalue weighted by atomic mass is 9.85. The van der Waals surface area contributed by atoms with Crippen molar-refractivity contribution in [1.29, 1.82) is 0 Å². The Morgan fingerprint density at radius 1 is 1.08 bits per heavy atom. The highest BCUT2D eigenvalue weighted by atomic mass is 32.2. The van der Waals surface area contributed by atoms with Gasteiger partial charge in [-0.25, -0.2) is 13.4 Å². The van der Waals surface area contributed by atoms with Crippen molar-refractivity contribution in [2.45, 2.75) is 49.1 Å². The number of hydrogen-bond acceptors (Lipinski definition) is 4. The van der Waals surface area contributed by atoms with Crippen molar-refractivity contribution in [2.24, 2.45) is 0 Å². The Morgan fingerprint density at radius 3 is 2.42 bits per heavy atom. The lowest BCUT2D eigenvalue weighted by Gasteiger charge is -2.24. The van der Waals surface area contributed by atoms with Crippen molar-refractivity contribution < 1.29 is 8.42 Å². The van der Waals surface area contributed by atoms with Crippen molar-refractivity contribution >= 4 is 15.8 Å². The van der Waals surface area contributed by atoms with E-state index in [0.29, 0.717) is 4.90 Å². The van der Waals surface area contributed by atoms with Gasteiger partial charge in [0.2, 0.25) is 10.0 Å². The summed E-state index contributed by atoms with van der Waals surface area (Å²) < 4.78 is 28.2. The zero-order chi connectivity index (χ0) is 18.5. The maximum absolute atomic E-state index is 13.2. The van der Waals surface area contributed by atoms with Gasteiger partial charge >= 0.3 is 0 Å². The fourth-order valence-corrected chi connectivity index (χ4v) is 6.30. The highest BCUT2D eigenvalue weighted by molar-refractivity contribution is 7.89. The van der Waals surface area contributed by atoms with Crippen molar-refractivity contribution in [1.82, 2.24) is 9.29 Å². The third kappa shape index (κ3) is 2.81. The van der Waals surface area contributed by atoms with Crippen LogP contribution in [0, 0.1) is 6.92 Å². The monoisotopic (exact) mass is 371 g/mol. The lowest BCUT2D eigenvalue weighted by molar-refractivity contribution is 0.388. The van der Waals surface area contributed by atoms with Gasteiger partial charge in [-0.05, 0) is 49.9 Å². The summed E-state index contributed by atoms with van der Waals surface area (Å²) in [7, 11) is 0.486. The Balaban J connectivity index is 1.63. The van der Waals surface area contributed by atoms with E-state index >= 15 is 0 Å². The number of aromatic nitrogens is 1. The number of anilines is 1. The zero-order valence-electron chi connectivity index (χ0n) is 15.5. The van der Waals surface area contributed by atoms with Gasteiger partial charge < -0.3 is 4.90 Å². The van der Waals surface area contributed by atoms with E-state index in [1.54, 1.807) is 16.4 Å². The van der Waals surface area contributed by atoms with Crippen LogP contribution in [0.1, 0.15) is 36.3 Å². The summed E-state index contributed by atoms with van der Waals surface area (Å²) in [6, 6.07) is 11.4. The summed E-state index contributed by atoms with van der Waals surface area (Å²) in [5, 5.41) is 0. The zero-order valence-corrected chi connectivity index (χ0v) is 16.3. The van der Waals surface area contributed by atoms with Gasteiger partial charge in [0, 0.05) is 38.3 Å². The third-order valence-electron chi connectivity index (χ3n) is 5.73. The van der Waals surface area contributed by atoms with Gasteiger partial charge in [-0.2, -0.15) is 4.31 Å². The largest absolute Gasteiger partial charge is 0.363 e. The molecule has 1 aromatic carbocycles. The second-order valence-corrected chi connectivity index (χ2v) is 9.48. The average molecular weight is 372 g/mol. The topological polar surface area (TPSA) is 53.5 Å². The van der Waals surface area contributed by atoms with Crippen molar-refractivity contribution in [3.63, 3.8) is 0 Å². The minimum Gasteiger partial charge on any atom is -0.363 e. The maximum atomic E-state index is 13.2. The molecule has 2 bridgehead atoms. The van der Waals surface area contributed by atoms with Crippen LogP contribution in [0.15, 0.2) is 47.5 Å². The molecule has 2 aliphatic rings. The average Bonchev–Trinajstić information content (AvgIpc) is 3.21. The molecular formula is C20H25N3O2S. The first kappa shape index (κ1) is 17.5. The van der Waals surface area contributed by atoms with E-state index in [-0.39, 0.29) is 18.0 Å². The quantitative estimate of drug-likeness (QED) is 0.828. The van der Waals surface area contributed by atoms with Crippen LogP contribution in [-0.4, -0.2) is 43.9 Å². The first-order valence-electron chi connectivity index (χ1n) is 9.11. The lowest BCUT2D eigenvalue weighted by Crippen LogP contribution is -2.36. The first-order chi connectivity index (χ1) is 12.4. The molecule has 3 atom stereocenters. The number of fused-ring (bicyclic) bond motifs is 2. The number of pyridine rings is 1. The number of nitrogens with zero attached hydrogens (tertiary/aromatic N) is 3. The number of sulfonamides is 1. The molecule has 2 aromatic rings. The van der Waals surface area contributed by atoms with Crippen LogP contribution in [0.2, 0.25) is 0 Å². The molecule has 2 fully saturated rings. The third-order valence-corrected chi connectivity index (χ3v) is 7.72. The molecule has 0 radical (unpaired) electrons. The number of rotatable bonds is 4. The number of benzene rings is 1. The minimum atomic E-state index is -3.45. The fourth-order valence-electron chi connectivity index (χ4n) is 4.38. The van der Waals surface area contributed by atoms with Crippen LogP contribution in [0.4, 0.5) is 5.82 Å². The summed E-state index contributed by atoms with van der Waals surface area (Å²) in [4.78, 5) is 6.89. The summed E-state index contributed by atoms with van der Waals surface area (Å²) >= 11 is 0. The molecule has 5 nitrogen and oxygen atoms in total. The van der Waals surface area contributed by atoms with Crippen molar-refractivity contribution in [2.75, 3.05) is 19.0 Å². The molecule has 6 heteroatoms. The van der Waals surface area contributed by atoms with Crippen LogP contribution < -0.4 is 4.90 Å². The Labute approximate surface area is 155 Å². The number of hydrogen-bond donors (Lipinski definition) is 0. The van der Waals surface area contributed by atoms with Gasteiger partial charge in [0.15, 0.2) is 0 Å². The van der Waals surface area contributed by atoms with Crippen LogP contribution in [0.3, 0.4) is 0 Å². The Hall–Kier alpha value is -1.92. The Kier molecular flexibility index (Phi) is 4.28. The normalized spacial score (nSPS) is 25.6. The summed E-state index contributed by atoms with van der Waals surface area (Å²) in [6.07, 6.45) is 4.68. The molecule has 0 amide bonds. The molecule has 26 heavy (non-hydrogen) atoms. The van der Waals surface area contributed by atoms with Gasteiger partial charge in [-0.3, -0.25) is 0 Å². The molecular weight excluding hydrogens is 346 g/mol. The van der Waals surface area contributed by atoms with E-state index in [0.717, 1.165) is 36.2 Å². The van der Waals surface area contributed by atoms with E-state index in [1.807, 2.05) is 50.3 Å². The van der Waals surface area contributed by atoms with Gasteiger partial charge in [0.25, 0.3) is 0 Å². The van der Waals surface area contributed by atoms with Crippen LogP contribution >= 0.6 is 0 Å². The predicted molar refractivity (Wildman–Crippen MR) is 103 cm³/mol. The molecule has 2 saturated heterocycles. The summed E-state index contributed by atoms with van der Waals surface area (Å²) in [5.41, 5.74) is 2.21. The molecule has 138 valence electrons. The van der Waals surface area contributed by atoms with E-state index < -0.39 is 10.0 Å². The predicted octanol–water partition coefficient (Wildman–Crippen LogP) is 3.17. The molecule has 3 heterocycles. The smallest absolute Gasteiger partial charge is 0.243 e. The van der Waals surface area contributed by atoms with E-state index in [4.69, 9.17) is 0 Å². The highest BCUT2D eigenvalue weighted by Gasteiger charge is 2.52. The Bertz CT molecular complexity index is 892. The molecule has 2 aliphatic heterocycles.